The van der Waals surface area contributed by atoms with Gasteiger partial charge in [0.25, 0.3) is 11.1 Å². The molecule has 0 unspecified atom stereocenters. The van der Waals surface area contributed by atoms with Gasteiger partial charge in [0.2, 0.25) is 0 Å². The Hall–Kier alpha value is -2.12. The minimum atomic E-state index is -1.23. The van der Waals surface area contributed by atoms with Crippen LogP contribution in [0.15, 0.2) is 59.5 Å². The molecule has 0 aromatic heterocycles. The van der Waals surface area contributed by atoms with Crippen LogP contribution in [0, 0.1) is 7.14 Å². The number of benzene rings is 3. The van der Waals surface area contributed by atoms with Crippen LogP contribution in [-0.4, -0.2) is 33.7 Å². The smallest absolute Gasteiger partial charge is 0.323 e. The summed E-state index contributed by atoms with van der Waals surface area (Å²) in [4.78, 5) is 36.2. The second kappa shape index (κ2) is 9.79. The Morgan fingerprint density at radius 1 is 1.06 bits per heavy atom. The van der Waals surface area contributed by atoms with Crippen LogP contribution in [-0.2, 0) is 16.2 Å². The van der Waals surface area contributed by atoms with E-state index in [4.69, 9.17) is 9.84 Å². The molecular weight excluding hydrogens is 656 g/mol. The number of halogens is 2. The van der Waals surface area contributed by atoms with Crippen molar-refractivity contribution in [3.05, 3.63) is 77.8 Å². The first-order valence-corrected chi connectivity index (χ1v) is 12.4. The lowest BCUT2D eigenvalue weighted by Crippen LogP contribution is -2.33. The van der Waals surface area contributed by atoms with E-state index in [2.05, 4.69) is 63.4 Å². The summed E-state index contributed by atoms with van der Waals surface area (Å²) < 4.78 is 7.88. The van der Waals surface area contributed by atoms with Crippen molar-refractivity contribution in [2.24, 2.45) is 0 Å². The number of aliphatic carboxylic acids is 1. The van der Waals surface area contributed by atoms with Crippen LogP contribution in [0.4, 0.5) is 4.79 Å². The summed E-state index contributed by atoms with van der Waals surface area (Å²) in [6.45, 7) is -0.223. The molecule has 1 saturated heterocycles. The Kier molecular flexibility index (Phi) is 7.05. The summed E-state index contributed by atoms with van der Waals surface area (Å²) in [6.07, 6.45) is 1.60. The molecule has 0 aliphatic carbocycles. The van der Waals surface area contributed by atoms with Crippen molar-refractivity contribution < 1.29 is 24.2 Å². The number of rotatable bonds is 6. The Balaban J connectivity index is 1.55. The number of carbonyl (C=O) groups excluding carboxylic acids is 2. The zero-order valence-electron chi connectivity index (χ0n) is 16.4. The van der Waals surface area contributed by atoms with Gasteiger partial charge in [0.1, 0.15) is 18.9 Å². The van der Waals surface area contributed by atoms with Crippen molar-refractivity contribution in [3.8, 4) is 5.75 Å². The molecular formula is C23H15I2NO5S. The van der Waals surface area contributed by atoms with Gasteiger partial charge in [-0.15, -0.1) is 0 Å². The maximum atomic E-state index is 12.4. The van der Waals surface area contributed by atoms with E-state index < -0.39 is 23.7 Å². The number of nitrogens with zero attached hydrogens (tertiary/aromatic N) is 1. The Morgan fingerprint density at radius 3 is 2.47 bits per heavy atom. The number of imide groups is 1. The Morgan fingerprint density at radius 2 is 1.75 bits per heavy atom. The van der Waals surface area contributed by atoms with Gasteiger partial charge in [-0.25, -0.2) is 0 Å². The number of fused-ring (bicyclic) bond motifs is 1. The standard InChI is InChI=1S/C23H15I2NO5S/c24-17-8-13(10-19-22(29)26(11-20(27)28)23(30)32-19)9-18(25)21(17)31-12-15-6-3-5-14-4-1-2-7-16(14)15/h1-10H,11-12H2,(H,27,28)/b19-10+. The number of amides is 2. The summed E-state index contributed by atoms with van der Waals surface area (Å²) in [6, 6.07) is 18.0. The van der Waals surface area contributed by atoms with Crippen LogP contribution >= 0.6 is 56.9 Å². The minimum Gasteiger partial charge on any atom is -0.487 e. The zero-order chi connectivity index (χ0) is 22.8. The molecule has 3 aromatic carbocycles. The Bertz CT molecular complexity index is 1260. The maximum Gasteiger partial charge on any atom is 0.323 e. The predicted molar refractivity (Wildman–Crippen MR) is 140 cm³/mol. The van der Waals surface area contributed by atoms with Gasteiger partial charge in [-0.05, 0) is 97.1 Å². The van der Waals surface area contributed by atoms with Crippen LogP contribution < -0.4 is 4.74 Å². The van der Waals surface area contributed by atoms with Crippen molar-refractivity contribution in [1.82, 2.24) is 4.90 Å². The first-order valence-electron chi connectivity index (χ1n) is 9.39. The molecule has 3 aromatic rings. The number of hydrogen-bond acceptors (Lipinski definition) is 5. The lowest BCUT2D eigenvalue weighted by atomic mass is 10.1. The van der Waals surface area contributed by atoms with E-state index in [1.807, 2.05) is 36.4 Å². The van der Waals surface area contributed by atoms with E-state index in [9.17, 15) is 14.4 Å². The lowest BCUT2D eigenvalue weighted by Gasteiger charge is -2.13. The van der Waals surface area contributed by atoms with Gasteiger partial charge >= 0.3 is 5.97 Å². The predicted octanol–water partition coefficient (Wildman–Crippen LogP) is 5.75. The maximum absolute atomic E-state index is 12.4. The van der Waals surface area contributed by atoms with Crippen LogP contribution in [0.2, 0.25) is 0 Å². The summed E-state index contributed by atoms with van der Waals surface area (Å²) in [5, 5.41) is 10.6. The molecule has 6 nitrogen and oxygen atoms in total. The molecule has 9 heteroatoms. The van der Waals surface area contributed by atoms with Gasteiger partial charge < -0.3 is 9.84 Å². The van der Waals surface area contributed by atoms with Crippen molar-refractivity contribution in [2.75, 3.05) is 6.54 Å². The SMILES string of the molecule is O=C(O)CN1C(=O)S/C(=C/c2cc(I)c(OCc3cccc4ccccc34)c(I)c2)C1=O. The second-order valence-electron chi connectivity index (χ2n) is 6.90. The number of carbonyl (C=O) groups is 3. The molecule has 1 aliphatic heterocycles. The zero-order valence-corrected chi connectivity index (χ0v) is 21.5. The third-order valence-corrected chi connectivity index (χ3v) is 7.25. The topological polar surface area (TPSA) is 83.9 Å². The normalized spacial score (nSPS) is 15.1. The molecule has 162 valence electrons. The summed E-state index contributed by atoms with van der Waals surface area (Å²) >= 11 is 5.11. The highest BCUT2D eigenvalue weighted by molar-refractivity contribution is 14.1. The molecule has 4 rings (SSSR count). The highest BCUT2D eigenvalue weighted by Gasteiger charge is 2.36. The molecule has 2 amide bonds. The molecule has 0 saturated carbocycles. The molecule has 0 bridgehead atoms. The molecule has 32 heavy (non-hydrogen) atoms. The van der Waals surface area contributed by atoms with Gasteiger partial charge in [-0.3, -0.25) is 19.3 Å². The molecule has 1 N–H and O–H groups in total. The van der Waals surface area contributed by atoms with E-state index in [1.165, 1.54) is 0 Å². The second-order valence-corrected chi connectivity index (χ2v) is 10.2. The van der Waals surface area contributed by atoms with Crippen LogP contribution in [0.5, 0.6) is 5.75 Å². The van der Waals surface area contributed by atoms with Gasteiger partial charge in [0.05, 0.1) is 12.0 Å². The van der Waals surface area contributed by atoms with Crippen LogP contribution in [0.25, 0.3) is 16.8 Å². The van der Waals surface area contributed by atoms with Gasteiger partial charge in [-0.1, -0.05) is 42.5 Å². The fourth-order valence-corrected chi connectivity index (χ4v) is 6.26. The Labute approximate surface area is 215 Å². The quantitative estimate of drug-likeness (QED) is 0.266. The number of hydrogen-bond donors (Lipinski definition) is 1. The highest BCUT2D eigenvalue weighted by atomic mass is 127. The summed E-state index contributed by atoms with van der Waals surface area (Å²) in [5.41, 5.74) is 1.82. The third-order valence-electron chi connectivity index (χ3n) is 4.74. The summed E-state index contributed by atoms with van der Waals surface area (Å²) in [7, 11) is 0. The van der Waals surface area contributed by atoms with Gasteiger partial charge in [0, 0.05) is 0 Å². The molecule has 0 radical (unpaired) electrons. The monoisotopic (exact) mass is 671 g/mol. The fraction of sp³-hybridized carbons (Fsp3) is 0.0870. The first-order chi connectivity index (χ1) is 15.3. The van der Waals surface area contributed by atoms with E-state index in [0.29, 0.717) is 6.61 Å². The first kappa shape index (κ1) is 23.1. The third kappa shape index (κ3) is 4.94. The minimum absolute atomic E-state index is 0.201. The van der Waals surface area contributed by atoms with E-state index >= 15 is 0 Å². The molecule has 0 spiro atoms. The van der Waals surface area contributed by atoms with E-state index in [0.717, 1.165) is 51.5 Å². The molecule has 1 aliphatic rings. The molecule has 1 fully saturated rings. The van der Waals surface area contributed by atoms with Gasteiger partial charge in [0.15, 0.2) is 0 Å². The van der Waals surface area contributed by atoms with Crippen molar-refractivity contribution in [3.63, 3.8) is 0 Å². The largest absolute Gasteiger partial charge is 0.487 e. The number of carboxylic acid groups (broad SMARTS) is 1. The lowest BCUT2D eigenvalue weighted by molar-refractivity contribution is -0.140. The van der Waals surface area contributed by atoms with Crippen LogP contribution in [0.1, 0.15) is 11.1 Å². The molecule has 0 atom stereocenters. The van der Waals surface area contributed by atoms with Gasteiger partial charge in [-0.2, -0.15) is 0 Å². The van der Waals surface area contributed by atoms with Crippen molar-refractivity contribution >= 4 is 90.9 Å². The molecule has 1 heterocycles. The number of thioether (sulfide) groups is 1. The average Bonchev–Trinajstić information content (AvgIpc) is 3.00. The summed E-state index contributed by atoms with van der Waals surface area (Å²) in [5.74, 6) is -1.08. The fourth-order valence-electron chi connectivity index (χ4n) is 3.29. The number of ether oxygens (including phenoxy) is 1. The van der Waals surface area contributed by atoms with E-state index in [1.54, 1.807) is 6.08 Å². The average molecular weight is 671 g/mol. The van der Waals surface area contributed by atoms with Crippen LogP contribution in [0.3, 0.4) is 0 Å². The van der Waals surface area contributed by atoms with E-state index in [-0.39, 0.29) is 4.91 Å². The number of carboxylic acids is 1. The van der Waals surface area contributed by atoms with Crippen molar-refractivity contribution in [2.45, 2.75) is 6.61 Å². The van der Waals surface area contributed by atoms with Crippen molar-refractivity contribution in [1.29, 1.82) is 0 Å². The highest BCUT2D eigenvalue weighted by Crippen LogP contribution is 2.35.